The van der Waals surface area contributed by atoms with Crippen LogP contribution in [0.1, 0.15) is 48.0 Å². The predicted molar refractivity (Wildman–Crippen MR) is 149 cm³/mol. The lowest BCUT2D eigenvalue weighted by molar-refractivity contribution is -0.123. The molecule has 1 atom stereocenters. The number of hydrogen-bond donors (Lipinski definition) is 6. The third kappa shape index (κ3) is 13.3. The molecular weight excluding hydrogens is 468 g/mol. The Morgan fingerprint density at radius 2 is 1.35 bits per heavy atom. The minimum Gasteiger partial charge on any atom is -0.354 e. The number of amides is 2. The first-order valence-corrected chi connectivity index (χ1v) is 12.5. The highest BCUT2D eigenvalue weighted by Gasteiger charge is 2.20. The van der Waals surface area contributed by atoms with Crippen molar-refractivity contribution in [3.63, 3.8) is 0 Å². The predicted octanol–water partition coefficient (Wildman–Crippen LogP) is 3.22. The van der Waals surface area contributed by atoms with E-state index in [1.54, 1.807) is 0 Å². The molecule has 10 heteroatoms. The van der Waals surface area contributed by atoms with Gasteiger partial charge in [-0.15, -0.1) is 0 Å². The van der Waals surface area contributed by atoms with Gasteiger partial charge in [0.15, 0.2) is 10.2 Å². The van der Waals surface area contributed by atoms with Crippen LogP contribution in [0, 0.1) is 17.8 Å². The van der Waals surface area contributed by atoms with Crippen molar-refractivity contribution in [1.82, 2.24) is 21.3 Å². The normalized spacial score (nSPS) is 11.7. The fourth-order valence-electron chi connectivity index (χ4n) is 2.85. The molecule has 34 heavy (non-hydrogen) atoms. The van der Waals surface area contributed by atoms with E-state index in [1.807, 2.05) is 38.1 Å². The first kappa shape index (κ1) is 29.6. The van der Waals surface area contributed by atoms with E-state index in [-0.39, 0.29) is 18.4 Å². The van der Waals surface area contributed by atoms with Crippen LogP contribution in [-0.2, 0) is 9.59 Å². The number of carbonyl (C=O) groups excluding carboxylic acids is 2. The van der Waals surface area contributed by atoms with E-state index >= 15 is 0 Å². The number of rotatable bonds is 12. The van der Waals surface area contributed by atoms with Crippen molar-refractivity contribution in [2.45, 2.75) is 54.0 Å². The van der Waals surface area contributed by atoms with Crippen LogP contribution >= 0.6 is 24.4 Å². The third-order valence-corrected chi connectivity index (χ3v) is 4.98. The van der Waals surface area contributed by atoms with Gasteiger partial charge < -0.3 is 31.9 Å². The first-order valence-electron chi connectivity index (χ1n) is 11.7. The SMILES string of the molecule is CC(C)CNC(=O)CNC(=S)Nc1cccc(NC(=S)N[C@@H](CC(C)C)C(=O)NCC(C)C)c1. The molecule has 8 nitrogen and oxygen atoms in total. The Hall–Kier alpha value is -2.46. The summed E-state index contributed by atoms with van der Waals surface area (Å²) in [6, 6.07) is 7.00. The Balaban J connectivity index is 2.62. The zero-order valence-electron chi connectivity index (χ0n) is 21.1. The van der Waals surface area contributed by atoms with E-state index in [9.17, 15) is 9.59 Å². The summed E-state index contributed by atoms with van der Waals surface area (Å²) in [7, 11) is 0. The largest absolute Gasteiger partial charge is 0.354 e. The molecule has 1 rings (SSSR count). The number of nitrogens with one attached hydrogen (secondary N) is 6. The molecule has 0 aliphatic carbocycles. The van der Waals surface area contributed by atoms with Gasteiger partial charge >= 0.3 is 0 Å². The lowest BCUT2D eigenvalue weighted by atomic mass is 10.0. The van der Waals surface area contributed by atoms with Crippen LogP contribution in [0.4, 0.5) is 11.4 Å². The highest BCUT2D eigenvalue weighted by molar-refractivity contribution is 7.80. The minimum atomic E-state index is -0.418. The third-order valence-electron chi connectivity index (χ3n) is 4.51. The maximum absolute atomic E-state index is 12.6. The van der Waals surface area contributed by atoms with Crippen LogP contribution in [0.25, 0.3) is 0 Å². The summed E-state index contributed by atoms with van der Waals surface area (Å²) in [4.78, 5) is 24.4. The van der Waals surface area contributed by atoms with Crippen molar-refractivity contribution >= 4 is 57.8 Å². The fourth-order valence-corrected chi connectivity index (χ4v) is 3.30. The van der Waals surface area contributed by atoms with E-state index in [4.69, 9.17) is 24.4 Å². The summed E-state index contributed by atoms with van der Waals surface area (Å²) in [6.07, 6.45) is 0.665. The van der Waals surface area contributed by atoms with E-state index in [0.717, 1.165) is 11.4 Å². The van der Waals surface area contributed by atoms with Gasteiger partial charge in [0.2, 0.25) is 11.8 Å². The van der Waals surface area contributed by atoms with E-state index in [0.29, 0.717) is 47.5 Å². The highest BCUT2D eigenvalue weighted by atomic mass is 32.1. The molecule has 0 heterocycles. The van der Waals surface area contributed by atoms with Crippen LogP contribution in [0.2, 0.25) is 0 Å². The molecule has 0 aliphatic rings. The van der Waals surface area contributed by atoms with Crippen LogP contribution in [0.5, 0.6) is 0 Å². The van der Waals surface area contributed by atoms with Gasteiger partial charge in [0, 0.05) is 24.5 Å². The second-order valence-corrected chi connectivity index (χ2v) is 10.3. The maximum atomic E-state index is 12.6. The summed E-state index contributed by atoms with van der Waals surface area (Å²) < 4.78 is 0. The fraction of sp³-hybridized carbons (Fsp3) is 0.583. The Morgan fingerprint density at radius 1 is 0.794 bits per heavy atom. The van der Waals surface area contributed by atoms with E-state index < -0.39 is 6.04 Å². The lowest BCUT2D eigenvalue weighted by Crippen LogP contribution is -2.49. The molecule has 0 unspecified atom stereocenters. The van der Waals surface area contributed by atoms with Crippen molar-refractivity contribution in [3.8, 4) is 0 Å². The minimum absolute atomic E-state index is 0.0594. The van der Waals surface area contributed by atoms with E-state index in [2.05, 4.69) is 59.6 Å². The molecule has 0 spiro atoms. The van der Waals surface area contributed by atoms with Crippen LogP contribution in [0.3, 0.4) is 0 Å². The summed E-state index contributed by atoms with van der Waals surface area (Å²) in [5.74, 6) is 0.923. The number of carbonyl (C=O) groups is 2. The zero-order chi connectivity index (χ0) is 25.7. The van der Waals surface area contributed by atoms with Crippen LogP contribution in [-0.4, -0.2) is 47.7 Å². The number of benzene rings is 1. The second kappa shape index (κ2) is 15.4. The molecule has 2 amide bonds. The van der Waals surface area contributed by atoms with Gasteiger partial charge in [0.1, 0.15) is 6.04 Å². The van der Waals surface area contributed by atoms with Gasteiger partial charge in [-0.1, -0.05) is 47.6 Å². The van der Waals surface area contributed by atoms with Crippen molar-refractivity contribution in [2.24, 2.45) is 17.8 Å². The van der Waals surface area contributed by atoms with Gasteiger partial charge in [-0.25, -0.2) is 0 Å². The topological polar surface area (TPSA) is 106 Å². The molecule has 190 valence electrons. The van der Waals surface area contributed by atoms with Crippen LogP contribution < -0.4 is 31.9 Å². The van der Waals surface area contributed by atoms with Crippen molar-refractivity contribution in [3.05, 3.63) is 24.3 Å². The average molecular weight is 509 g/mol. The average Bonchev–Trinajstić information content (AvgIpc) is 2.73. The summed E-state index contributed by atoms with van der Waals surface area (Å²) in [5, 5.41) is 18.7. The Kier molecular flexibility index (Phi) is 13.4. The molecule has 1 aromatic carbocycles. The lowest BCUT2D eigenvalue weighted by Gasteiger charge is -2.22. The molecule has 0 bridgehead atoms. The van der Waals surface area contributed by atoms with Gasteiger partial charge in [0.05, 0.1) is 6.54 Å². The quantitative estimate of drug-likeness (QED) is 0.239. The summed E-state index contributed by atoms with van der Waals surface area (Å²) in [5.41, 5.74) is 1.48. The Bertz CT molecular complexity index is 829. The van der Waals surface area contributed by atoms with Crippen molar-refractivity contribution in [2.75, 3.05) is 30.3 Å². The molecule has 0 saturated carbocycles. The molecular formula is C24H40N6O2S2. The number of hydrogen-bond acceptors (Lipinski definition) is 4. The molecule has 6 N–H and O–H groups in total. The van der Waals surface area contributed by atoms with Gasteiger partial charge in [-0.2, -0.15) is 0 Å². The maximum Gasteiger partial charge on any atom is 0.242 e. The molecule has 0 aromatic heterocycles. The van der Waals surface area contributed by atoms with Gasteiger partial charge in [-0.05, 0) is 66.8 Å². The Morgan fingerprint density at radius 3 is 1.91 bits per heavy atom. The summed E-state index contributed by atoms with van der Waals surface area (Å²) in [6.45, 7) is 13.7. The first-order chi connectivity index (χ1) is 16.0. The standard InChI is InChI=1S/C24H40N6O2S2/c1-15(2)10-20(22(32)26-13-17(5)6)30-24(34)29-19-9-7-8-18(11-19)28-23(33)27-14-21(31)25-12-16(3)4/h7-9,11,15-17,20H,10,12-14H2,1-6H3,(H,25,31)(H,26,32)(H2,27,28,33)(H2,29,30,34)/t20-/m0/s1. The molecule has 0 aliphatic heterocycles. The van der Waals surface area contributed by atoms with Gasteiger partial charge in [0.25, 0.3) is 0 Å². The second-order valence-electron chi connectivity index (χ2n) is 9.51. The molecule has 0 saturated heterocycles. The Labute approximate surface area is 214 Å². The van der Waals surface area contributed by atoms with Gasteiger partial charge in [-0.3, -0.25) is 9.59 Å². The monoisotopic (exact) mass is 508 g/mol. The summed E-state index contributed by atoms with van der Waals surface area (Å²) >= 11 is 10.7. The number of anilines is 2. The zero-order valence-corrected chi connectivity index (χ0v) is 22.7. The molecule has 0 fully saturated rings. The molecule has 0 radical (unpaired) electrons. The van der Waals surface area contributed by atoms with E-state index in [1.165, 1.54) is 0 Å². The van der Waals surface area contributed by atoms with Crippen molar-refractivity contribution in [1.29, 1.82) is 0 Å². The smallest absolute Gasteiger partial charge is 0.242 e. The molecule has 1 aromatic rings. The number of thiocarbonyl (C=S) groups is 2. The highest BCUT2D eigenvalue weighted by Crippen LogP contribution is 2.15. The van der Waals surface area contributed by atoms with Crippen LogP contribution in [0.15, 0.2) is 24.3 Å². The van der Waals surface area contributed by atoms with Crippen molar-refractivity contribution < 1.29 is 9.59 Å².